The fraction of sp³-hybridized carbons (Fsp3) is 0.0909. The smallest absolute Gasteiger partial charge is 0.337 e. The van der Waals surface area contributed by atoms with E-state index < -0.39 is 16.0 Å². The predicted molar refractivity (Wildman–Crippen MR) is 125 cm³/mol. The molecule has 0 aliphatic heterocycles. The number of sulfonamides is 1. The second-order valence-corrected chi connectivity index (χ2v) is 9.94. The van der Waals surface area contributed by atoms with Crippen LogP contribution in [0.15, 0.2) is 76.4 Å². The molecule has 0 saturated carbocycles. The van der Waals surface area contributed by atoms with Crippen LogP contribution in [-0.2, 0) is 21.3 Å². The number of nitrogens with one attached hydrogen (secondary N) is 1. The van der Waals surface area contributed by atoms with E-state index in [1.807, 2.05) is 30.3 Å². The number of benzene rings is 3. The molecule has 4 rings (SSSR count). The maximum absolute atomic E-state index is 13.0. The number of carbonyl (C=O) groups is 1. The van der Waals surface area contributed by atoms with E-state index in [1.165, 1.54) is 37.4 Å². The Labute approximate surface area is 192 Å². The molecule has 1 heterocycles. The number of nitrogens with zero attached hydrogens (tertiary/aromatic N) is 1. The van der Waals surface area contributed by atoms with Crippen molar-refractivity contribution in [3.63, 3.8) is 0 Å². The summed E-state index contributed by atoms with van der Waals surface area (Å²) < 4.78 is 35.1. The van der Waals surface area contributed by atoms with Gasteiger partial charge in [-0.25, -0.2) is 13.2 Å². The first-order valence-corrected chi connectivity index (χ1v) is 12.0. The molecule has 0 atom stereocenters. The van der Waals surface area contributed by atoms with Gasteiger partial charge < -0.3 is 4.74 Å². The van der Waals surface area contributed by atoms with Crippen molar-refractivity contribution in [1.29, 1.82) is 0 Å². The van der Waals surface area contributed by atoms with E-state index in [2.05, 4.69) is 9.46 Å². The summed E-state index contributed by atoms with van der Waals surface area (Å²) in [6.45, 7) is 0.389. The summed E-state index contributed by atoms with van der Waals surface area (Å²) in [5, 5.41) is 0.126. The molecular formula is C22H17ClN2O5S2. The van der Waals surface area contributed by atoms with E-state index in [4.69, 9.17) is 11.6 Å². The van der Waals surface area contributed by atoms with Gasteiger partial charge in [0.05, 0.1) is 45.0 Å². The number of ether oxygens (including phenoxy) is 1. The van der Waals surface area contributed by atoms with Crippen molar-refractivity contribution in [2.75, 3.05) is 11.8 Å². The van der Waals surface area contributed by atoms with Crippen molar-refractivity contribution in [2.24, 2.45) is 0 Å². The average Bonchev–Trinajstić information content (AvgIpc) is 3.09. The third-order valence-electron chi connectivity index (χ3n) is 4.77. The van der Waals surface area contributed by atoms with Gasteiger partial charge in [0.25, 0.3) is 10.0 Å². The van der Waals surface area contributed by atoms with Crippen molar-refractivity contribution in [3.8, 4) is 0 Å². The minimum absolute atomic E-state index is 0.0300. The summed E-state index contributed by atoms with van der Waals surface area (Å²) in [4.78, 5) is 24.1. The summed E-state index contributed by atoms with van der Waals surface area (Å²) in [7, 11) is -2.80. The van der Waals surface area contributed by atoms with Gasteiger partial charge in [0.1, 0.15) is 0 Å². The molecule has 0 amide bonds. The largest absolute Gasteiger partial charge is 0.465 e. The lowest BCUT2D eigenvalue weighted by Gasteiger charge is -2.11. The Kier molecular flexibility index (Phi) is 6.05. The number of halogens is 1. The Balaban J connectivity index is 1.68. The zero-order chi connectivity index (χ0) is 22.9. The van der Waals surface area contributed by atoms with Gasteiger partial charge in [-0.05, 0) is 42.0 Å². The summed E-state index contributed by atoms with van der Waals surface area (Å²) in [5.41, 5.74) is 1.81. The molecule has 0 spiro atoms. The maximum atomic E-state index is 13.0. The lowest BCUT2D eigenvalue weighted by atomic mass is 10.2. The van der Waals surface area contributed by atoms with Crippen molar-refractivity contribution in [2.45, 2.75) is 11.4 Å². The lowest BCUT2D eigenvalue weighted by Crippen LogP contribution is -2.14. The first-order valence-electron chi connectivity index (χ1n) is 9.36. The molecule has 0 saturated heterocycles. The molecule has 10 heteroatoms. The molecule has 0 unspecified atom stereocenters. The highest BCUT2D eigenvalue weighted by molar-refractivity contribution is 7.92. The third kappa shape index (κ3) is 4.40. The van der Waals surface area contributed by atoms with Gasteiger partial charge in [0.15, 0.2) is 0 Å². The summed E-state index contributed by atoms with van der Waals surface area (Å²) >= 11 is 7.09. The normalized spacial score (nSPS) is 11.4. The van der Waals surface area contributed by atoms with Crippen LogP contribution in [0, 0.1) is 0 Å². The van der Waals surface area contributed by atoms with Crippen molar-refractivity contribution < 1.29 is 17.9 Å². The number of hydrogen-bond donors (Lipinski definition) is 1. The number of methoxy groups -OCH3 is 1. The summed E-state index contributed by atoms with van der Waals surface area (Å²) in [5.74, 6) is -0.618. The lowest BCUT2D eigenvalue weighted by molar-refractivity contribution is 0.0601. The van der Waals surface area contributed by atoms with Gasteiger partial charge in [-0.2, -0.15) is 0 Å². The zero-order valence-electron chi connectivity index (χ0n) is 16.7. The monoisotopic (exact) mass is 488 g/mol. The molecule has 1 aromatic heterocycles. The number of hydrogen-bond acceptors (Lipinski definition) is 6. The molecular weight excluding hydrogens is 472 g/mol. The van der Waals surface area contributed by atoms with Crippen LogP contribution < -0.4 is 9.60 Å². The molecule has 0 fully saturated rings. The van der Waals surface area contributed by atoms with Crippen LogP contribution in [0.1, 0.15) is 15.9 Å². The van der Waals surface area contributed by atoms with Crippen LogP contribution in [0.2, 0.25) is 5.02 Å². The highest BCUT2D eigenvalue weighted by Gasteiger charge is 2.19. The van der Waals surface area contributed by atoms with Gasteiger partial charge >= 0.3 is 10.8 Å². The van der Waals surface area contributed by atoms with Gasteiger partial charge in [-0.1, -0.05) is 53.3 Å². The SMILES string of the molecule is COC(=O)c1ccc(Cl)c(NS(=O)(=O)c2ccc3c(c2)sc(=O)n3Cc2ccccc2)c1. The second kappa shape index (κ2) is 8.78. The molecule has 0 aliphatic carbocycles. The molecule has 7 nitrogen and oxygen atoms in total. The minimum atomic E-state index is -4.03. The van der Waals surface area contributed by atoms with Gasteiger partial charge in [-0.3, -0.25) is 14.1 Å². The van der Waals surface area contributed by atoms with E-state index in [1.54, 1.807) is 10.6 Å². The number of carbonyl (C=O) groups excluding carboxylic acids is 1. The van der Waals surface area contributed by atoms with Gasteiger partial charge in [0, 0.05) is 0 Å². The van der Waals surface area contributed by atoms with Crippen LogP contribution in [0.25, 0.3) is 10.2 Å². The number of anilines is 1. The van der Waals surface area contributed by atoms with Crippen LogP contribution >= 0.6 is 22.9 Å². The fourth-order valence-corrected chi connectivity index (χ4v) is 5.50. The second-order valence-electron chi connectivity index (χ2n) is 6.86. The number of rotatable bonds is 6. The molecule has 0 bridgehead atoms. The van der Waals surface area contributed by atoms with Crippen LogP contribution in [-0.4, -0.2) is 26.1 Å². The molecule has 32 heavy (non-hydrogen) atoms. The first kappa shape index (κ1) is 22.1. The highest BCUT2D eigenvalue weighted by atomic mass is 35.5. The van der Waals surface area contributed by atoms with Crippen LogP contribution in [0.5, 0.6) is 0 Å². The molecule has 0 radical (unpaired) electrons. The number of fused-ring (bicyclic) bond motifs is 1. The van der Waals surface area contributed by atoms with Crippen molar-refractivity contribution in [3.05, 3.63) is 92.5 Å². The molecule has 1 N–H and O–H groups in total. The molecule has 3 aromatic carbocycles. The Bertz CT molecular complexity index is 1480. The number of esters is 1. The maximum Gasteiger partial charge on any atom is 0.337 e. The zero-order valence-corrected chi connectivity index (χ0v) is 19.1. The topological polar surface area (TPSA) is 94.5 Å². The molecule has 4 aromatic rings. The quantitative estimate of drug-likeness (QED) is 0.407. The standard InChI is InChI=1S/C22H17ClN2O5S2/c1-30-21(26)15-7-9-17(23)18(11-15)24-32(28,29)16-8-10-19-20(12-16)31-22(27)25(19)13-14-5-3-2-4-6-14/h2-12,24H,13H2,1H3. The average molecular weight is 489 g/mol. The number of aromatic nitrogens is 1. The molecule has 0 aliphatic rings. The van der Waals surface area contributed by atoms with E-state index in [0.717, 1.165) is 16.9 Å². The molecule has 164 valence electrons. The van der Waals surface area contributed by atoms with E-state index in [-0.39, 0.29) is 26.0 Å². The van der Waals surface area contributed by atoms with E-state index >= 15 is 0 Å². The Morgan fingerprint density at radius 2 is 1.84 bits per heavy atom. The Morgan fingerprint density at radius 1 is 1.09 bits per heavy atom. The predicted octanol–water partition coefficient (Wildman–Crippen LogP) is 4.35. The van der Waals surface area contributed by atoms with E-state index in [0.29, 0.717) is 16.8 Å². The van der Waals surface area contributed by atoms with Crippen molar-refractivity contribution in [1.82, 2.24) is 4.57 Å². The fourth-order valence-electron chi connectivity index (χ4n) is 3.18. The number of thiazole rings is 1. The van der Waals surface area contributed by atoms with Crippen molar-refractivity contribution >= 4 is 54.8 Å². The Morgan fingerprint density at radius 3 is 2.56 bits per heavy atom. The first-order chi connectivity index (χ1) is 15.3. The van der Waals surface area contributed by atoms with Crippen LogP contribution in [0.3, 0.4) is 0 Å². The summed E-state index contributed by atoms with van der Waals surface area (Å²) in [6.07, 6.45) is 0. The van der Waals surface area contributed by atoms with Crippen LogP contribution in [0.4, 0.5) is 5.69 Å². The minimum Gasteiger partial charge on any atom is -0.465 e. The third-order valence-corrected chi connectivity index (χ3v) is 7.40. The Hall–Kier alpha value is -3.14. The van der Waals surface area contributed by atoms with Gasteiger partial charge in [0.2, 0.25) is 0 Å². The van der Waals surface area contributed by atoms with Gasteiger partial charge in [-0.15, -0.1) is 0 Å². The summed E-state index contributed by atoms with van der Waals surface area (Å²) in [6, 6.07) is 18.2. The van der Waals surface area contributed by atoms with E-state index in [9.17, 15) is 18.0 Å². The highest BCUT2D eigenvalue weighted by Crippen LogP contribution is 2.28.